The lowest BCUT2D eigenvalue weighted by molar-refractivity contribution is 0.0594. The van der Waals surface area contributed by atoms with Gasteiger partial charge in [-0.1, -0.05) is 18.9 Å². The second-order valence-corrected chi connectivity index (χ2v) is 11.1. The summed E-state index contributed by atoms with van der Waals surface area (Å²) in [6.45, 7) is 0.330. The number of hydrogen-bond donors (Lipinski definition) is 3. The van der Waals surface area contributed by atoms with Gasteiger partial charge in [0, 0.05) is 17.5 Å². The largest absolute Gasteiger partial charge is 0.506 e. The zero-order chi connectivity index (χ0) is 27.5. The fraction of sp³-hybridized carbons (Fsp3) is 0.231. The summed E-state index contributed by atoms with van der Waals surface area (Å²) in [4.78, 5) is 25.2. The molecule has 1 fully saturated rings. The lowest BCUT2D eigenvalue weighted by atomic mass is 10.1. The van der Waals surface area contributed by atoms with Gasteiger partial charge in [-0.15, -0.1) is 4.40 Å². The number of aromatic amines is 1. The lowest BCUT2D eigenvalue weighted by Gasteiger charge is -2.21. The number of amidine groups is 1. The van der Waals surface area contributed by atoms with Crippen LogP contribution in [0.5, 0.6) is 5.75 Å². The van der Waals surface area contributed by atoms with Gasteiger partial charge < -0.3 is 19.7 Å². The number of pyridine rings is 1. The van der Waals surface area contributed by atoms with Crippen molar-refractivity contribution in [1.82, 2.24) is 14.8 Å². The van der Waals surface area contributed by atoms with Crippen LogP contribution in [-0.4, -0.2) is 47.2 Å². The van der Waals surface area contributed by atoms with Gasteiger partial charge in [-0.2, -0.15) is 13.5 Å². The monoisotopic (exact) mass is 551 g/mol. The van der Waals surface area contributed by atoms with Gasteiger partial charge in [0.1, 0.15) is 22.0 Å². The lowest BCUT2D eigenvalue weighted by Crippen LogP contribution is -2.33. The van der Waals surface area contributed by atoms with Crippen LogP contribution >= 0.6 is 0 Å². The number of nitrogens with zero attached hydrogens (tertiary/aromatic N) is 3. The highest BCUT2D eigenvalue weighted by Crippen LogP contribution is 2.36. The molecule has 11 nitrogen and oxygen atoms in total. The third-order valence-corrected chi connectivity index (χ3v) is 8.22. The Kier molecular flexibility index (Phi) is 5.75. The molecule has 1 aliphatic heterocycles. The maximum absolute atomic E-state index is 14.1. The third-order valence-electron chi connectivity index (χ3n) is 6.90. The van der Waals surface area contributed by atoms with Crippen LogP contribution in [0.15, 0.2) is 56.6 Å². The molecule has 0 amide bonds. The third kappa shape index (κ3) is 4.34. The average molecular weight is 552 g/mol. The predicted octanol–water partition coefficient (Wildman–Crippen LogP) is 3.38. The zero-order valence-corrected chi connectivity index (χ0v) is 21.4. The second-order valence-electron chi connectivity index (χ2n) is 9.48. The van der Waals surface area contributed by atoms with E-state index in [1.807, 2.05) is 0 Å². The molecular formula is C26H22FN5O6S. The Morgan fingerprint density at radius 1 is 1.21 bits per heavy atom. The molecule has 3 N–H and O–H groups in total. The molecule has 13 heteroatoms. The molecule has 0 saturated heterocycles. The van der Waals surface area contributed by atoms with Crippen molar-refractivity contribution in [2.75, 3.05) is 12.4 Å². The quantitative estimate of drug-likeness (QED) is 0.308. The van der Waals surface area contributed by atoms with Gasteiger partial charge in [0.2, 0.25) is 0 Å². The van der Waals surface area contributed by atoms with Gasteiger partial charge in [0.25, 0.3) is 15.6 Å². The van der Waals surface area contributed by atoms with Crippen LogP contribution in [0.25, 0.3) is 22.2 Å². The fourth-order valence-electron chi connectivity index (χ4n) is 4.68. The maximum atomic E-state index is 14.1. The van der Waals surface area contributed by atoms with Crippen LogP contribution in [0, 0.1) is 11.7 Å². The molecule has 3 heterocycles. The number of ether oxygens (including phenoxy) is 1. The Balaban J connectivity index is 1.45. The minimum atomic E-state index is -4.34. The van der Waals surface area contributed by atoms with Crippen molar-refractivity contribution in [3.05, 3.63) is 69.9 Å². The number of carbonyl (C=O) groups is 1. The van der Waals surface area contributed by atoms with E-state index >= 15 is 0 Å². The first-order valence-electron chi connectivity index (χ1n) is 12.1. The summed E-state index contributed by atoms with van der Waals surface area (Å²) in [5.74, 6) is -1.70. The molecule has 2 aliphatic rings. The van der Waals surface area contributed by atoms with Crippen LogP contribution in [0.4, 0.5) is 10.1 Å². The number of rotatable bonds is 6. The van der Waals surface area contributed by atoms with Gasteiger partial charge in [0.15, 0.2) is 11.5 Å². The van der Waals surface area contributed by atoms with Crippen molar-refractivity contribution in [3.63, 3.8) is 0 Å². The van der Waals surface area contributed by atoms with E-state index in [4.69, 9.17) is 0 Å². The van der Waals surface area contributed by atoms with Crippen LogP contribution in [0.2, 0.25) is 0 Å². The normalized spacial score (nSPS) is 15.9. The maximum Gasteiger partial charge on any atom is 0.358 e. The number of halogens is 1. The van der Waals surface area contributed by atoms with E-state index in [2.05, 4.69) is 24.6 Å². The van der Waals surface area contributed by atoms with Crippen LogP contribution < -0.4 is 10.9 Å². The summed E-state index contributed by atoms with van der Waals surface area (Å²) in [6.07, 6.45) is 2.87. The number of esters is 1. The molecule has 0 unspecified atom stereocenters. The number of anilines is 1. The van der Waals surface area contributed by atoms with Gasteiger partial charge in [0.05, 0.1) is 24.0 Å². The highest BCUT2D eigenvalue weighted by atomic mass is 32.2. The Hall–Kier alpha value is -4.52. The molecule has 6 rings (SSSR count). The number of nitrogens with one attached hydrogen (secondary N) is 2. The first-order valence-corrected chi connectivity index (χ1v) is 13.6. The molecule has 1 aliphatic carbocycles. The Bertz CT molecular complexity index is 1870. The van der Waals surface area contributed by atoms with E-state index in [0.717, 1.165) is 25.3 Å². The highest BCUT2D eigenvalue weighted by molar-refractivity contribution is 7.90. The average Bonchev–Trinajstić information content (AvgIpc) is 3.61. The van der Waals surface area contributed by atoms with Gasteiger partial charge in [-0.3, -0.25) is 9.89 Å². The van der Waals surface area contributed by atoms with E-state index in [9.17, 15) is 27.5 Å². The van der Waals surface area contributed by atoms with Gasteiger partial charge in [-0.25, -0.2) is 9.18 Å². The first kappa shape index (κ1) is 24.8. The fourth-order valence-corrected chi connectivity index (χ4v) is 5.83. The number of carbonyl (C=O) groups excluding carboxylic acids is 1. The summed E-state index contributed by atoms with van der Waals surface area (Å²) in [6, 6.07) is 9.55. The smallest absolute Gasteiger partial charge is 0.358 e. The molecule has 4 aromatic rings. The Morgan fingerprint density at radius 3 is 2.74 bits per heavy atom. The van der Waals surface area contributed by atoms with Crippen LogP contribution in [0.1, 0.15) is 35.3 Å². The number of aryl methyl sites for hydroxylation is 1. The van der Waals surface area contributed by atoms with Gasteiger partial charge >= 0.3 is 5.97 Å². The van der Waals surface area contributed by atoms with E-state index in [1.165, 1.54) is 42.0 Å². The second kappa shape index (κ2) is 9.05. The molecule has 0 bridgehead atoms. The minimum absolute atomic E-state index is 0.0210. The van der Waals surface area contributed by atoms with Gasteiger partial charge in [-0.05, 0) is 48.7 Å². The van der Waals surface area contributed by atoms with Crippen molar-refractivity contribution in [1.29, 1.82) is 0 Å². The zero-order valence-electron chi connectivity index (χ0n) is 20.6. The number of aromatic nitrogens is 3. The summed E-state index contributed by atoms with van der Waals surface area (Å²) in [7, 11) is -3.12. The van der Waals surface area contributed by atoms with Crippen LogP contribution in [0.3, 0.4) is 0 Å². The van der Waals surface area contributed by atoms with Crippen molar-refractivity contribution in [2.24, 2.45) is 10.3 Å². The predicted molar refractivity (Wildman–Crippen MR) is 140 cm³/mol. The molecule has 1 saturated carbocycles. The molecule has 0 spiro atoms. The Morgan fingerprint density at radius 2 is 2.00 bits per heavy atom. The molecule has 200 valence electrons. The number of H-pyrrole nitrogens is 1. The molecule has 2 aromatic heterocycles. The molecule has 0 radical (unpaired) electrons. The number of hydrogen-bond acceptors (Lipinski definition) is 8. The Labute approximate surface area is 221 Å². The first-order chi connectivity index (χ1) is 18.7. The molecule has 39 heavy (non-hydrogen) atoms. The van der Waals surface area contributed by atoms with Crippen molar-refractivity contribution in [2.45, 2.75) is 30.7 Å². The van der Waals surface area contributed by atoms with E-state index < -0.39 is 33.1 Å². The van der Waals surface area contributed by atoms with E-state index in [1.54, 1.807) is 6.07 Å². The number of sulfonamides is 1. The topological polar surface area (TPSA) is 156 Å². The molecule has 2 aromatic carbocycles. The van der Waals surface area contributed by atoms with Crippen molar-refractivity contribution in [3.8, 4) is 17.0 Å². The van der Waals surface area contributed by atoms with E-state index in [0.29, 0.717) is 29.2 Å². The number of aromatic hydroxyl groups is 1. The van der Waals surface area contributed by atoms with E-state index in [-0.39, 0.29) is 33.1 Å². The molecule has 0 atom stereocenters. The summed E-state index contributed by atoms with van der Waals surface area (Å²) in [5.41, 5.74) is 0.271. The number of methoxy groups -OCH3 is 1. The number of benzene rings is 2. The standard InChI is InChI=1S/C26H22FN5O6S/c1-38-26(35)19-12-18(29-30-19)14-4-6-17-21(10-14)39(36,37)31-24(28-17)22-23(33)16-11-15(27)5-7-20(16)32(25(22)34)9-8-13-2-3-13/h4-7,10-13,33H,2-3,8-9H2,1H3,(H,28,31)(H,29,30). The summed E-state index contributed by atoms with van der Waals surface area (Å²) >= 11 is 0. The minimum Gasteiger partial charge on any atom is -0.506 e. The van der Waals surface area contributed by atoms with Crippen LogP contribution in [-0.2, 0) is 21.3 Å². The summed E-state index contributed by atoms with van der Waals surface area (Å²) in [5, 5.41) is 20.5. The van der Waals surface area contributed by atoms with Crippen molar-refractivity contribution >= 4 is 38.4 Å². The summed E-state index contributed by atoms with van der Waals surface area (Å²) < 4.78 is 50.6. The SMILES string of the molecule is COC(=O)c1cc(-c2ccc3c(c2)S(=O)(=O)N=C(c2c(O)c4cc(F)ccc4n(CCC4CC4)c2=O)N3)[nH]n1. The highest BCUT2D eigenvalue weighted by Gasteiger charge is 2.31. The molecular weight excluding hydrogens is 529 g/mol. The number of fused-ring (bicyclic) bond motifs is 2. The van der Waals surface area contributed by atoms with Crippen molar-refractivity contribution < 1.29 is 27.4 Å².